The van der Waals surface area contributed by atoms with Gasteiger partial charge in [0.1, 0.15) is 0 Å². The smallest absolute Gasteiger partial charge is 0.191 e. The second kappa shape index (κ2) is 9.74. The number of hydrogen-bond acceptors (Lipinski definition) is 4. The van der Waals surface area contributed by atoms with Crippen LogP contribution in [0.25, 0.3) is 0 Å². The molecule has 2 aliphatic rings. The largest absolute Gasteiger partial charge is 0.357 e. The first-order valence-corrected chi connectivity index (χ1v) is 12.3. The van der Waals surface area contributed by atoms with Crippen molar-refractivity contribution < 1.29 is 8.42 Å². The highest BCUT2D eigenvalue weighted by Gasteiger charge is 2.28. The van der Waals surface area contributed by atoms with Crippen molar-refractivity contribution in [1.82, 2.24) is 15.5 Å². The standard InChI is InChI=1S/C21H34N4O2S/c1-3-22-21(24-20-10-13-28(26,27)16-20)23-14-18-4-6-19(7-5-18)15-25-11-8-17(2)9-12-25/h4-7,17,20H,3,8-16H2,1-2H3,(H2,22,23,24). The van der Waals surface area contributed by atoms with E-state index in [2.05, 4.69) is 51.7 Å². The molecular formula is C21H34N4O2S. The van der Waals surface area contributed by atoms with Crippen molar-refractivity contribution >= 4 is 15.8 Å². The van der Waals surface area contributed by atoms with Crippen LogP contribution in [0, 0.1) is 5.92 Å². The summed E-state index contributed by atoms with van der Waals surface area (Å²) in [6.45, 7) is 9.10. The van der Waals surface area contributed by atoms with E-state index in [1.165, 1.54) is 31.5 Å². The molecule has 1 unspecified atom stereocenters. The van der Waals surface area contributed by atoms with Crippen LogP contribution in [0.4, 0.5) is 0 Å². The van der Waals surface area contributed by atoms with Crippen molar-refractivity contribution in [3.63, 3.8) is 0 Å². The first-order chi connectivity index (χ1) is 13.4. The molecular weight excluding hydrogens is 372 g/mol. The highest BCUT2D eigenvalue weighted by Crippen LogP contribution is 2.18. The van der Waals surface area contributed by atoms with Crippen LogP contribution in [0.15, 0.2) is 29.3 Å². The lowest BCUT2D eigenvalue weighted by Gasteiger charge is -2.30. The highest BCUT2D eigenvalue weighted by atomic mass is 32.2. The summed E-state index contributed by atoms with van der Waals surface area (Å²) in [5, 5.41) is 6.48. The minimum atomic E-state index is -2.89. The van der Waals surface area contributed by atoms with Crippen LogP contribution in [0.3, 0.4) is 0 Å². The number of nitrogens with zero attached hydrogens (tertiary/aromatic N) is 2. The zero-order valence-corrected chi connectivity index (χ0v) is 18.0. The molecule has 0 radical (unpaired) electrons. The predicted octanol–water partition coefficient (Wildman–Crippen LogP) is 2.16. The molecule has 0 saturated carbocycles. The van der Waals surface area contributed by atoms with E-state index in [4.69, 9.17) is 0 Å². The van der Waals surface area contributed by atoms with Gasteiger partial charge in [0.05, 0.1) is 18.1 Å². The van der Waals surface area contributed by atoms with Crippen molar-refractivity contribution in [2.75, 3.05) is 31.1 Å². The average Bonchev–Trinajstić information content (AvgIpc) is 3.01. The Bertz CT molecular complexity index is 753. The van der Waals surface area contributed by atoms with Gasteiger partial charge in [0.15, 0.2) is 15.8 Å². The second-order valence-electron chi connectivity index (χ2n) is 8.21. The summed E-state index contributed by atoms with van der Waals surface area (Å²) < 4.78 is 23.3. The topological polar surface area (TPSA) is 73.8 Å². The zero-order valence-electron chi connectivity index (χ0n) is 17.2. The van der Waals surface area contributed by atoms with E-state index < -0.39 is 9.84 Å². The van der Waals surface area contributed by atoms with Gasteiger partial charge in [0.25, 0.3) is 0 Å². The van der Waals surface area contributed by atoms with Gasteiger partial charge in [-0.15, -0.1) is 0 Å². The van der Waals surface area contributed by atoms with E-state index in [-0.39, 0.29) is 17.5 Å². The summed E-state index contributed by atoms with van der Waals surface area (Å²) in [6, 6.07) is 8.65. The highest BCUT2D eigenvalue weighted by molar-refractivity contribution is 7.91. The lowest BCUT2D eigenvalue weighted by Crippen LogP contribution is -2.44. The van der Waals surface area contributed by atoms with Gasteiger partial charge in [-0.1, -0.05) is 31.2 Å². The van der Waals surface area contributed by atoms with E-state index in [0.717, 1.165) is 24.6 Å². The zero-order chi connectivity index (χ0) is 20.0. The van der Waals surface area contributed by atoms with Gasteiger partial charge in [-0.25, -0.2) is 13.4 Å². The molecule has 0 aromatic heterocycles. The van der Waals surface area contributed by atoms with Gasteiger partial charge in [-0.2, -0.15) is 0 Å². The lowest BCUT2D eigenvalue weighted by molar-refractivity contribution is 0.185. The van der Waals surface area contributed by atoms with E-state index in [9.17, 15) is 8.42 Å². The normalized spacial score (nSPS) is 23.6. The van der Waals surface area contributed by atoms with Crippen LogP contribution in [-0.4, -0.2) is 56.5 Å². The number of aliphatic imine (C=N–C) groups is 1. The van der Waals surface area contributed by atoms with Crippen LogP contribution in [0.1, 0.15) is 44.2 Å². The van der Waals surface area contributed by atoms with E-state index in [1.54, 1.807) is 0 Å². The Morgan fingerprint density at radius 1 is 1.14 bits per heavy atom. The van der Waals surface area contributed by atoms with Gasteiger partial charge in [0.2, 0.25) is 0 Å². The maximum absolute atomic E-state index is 11.6. The molecule has 0 amide bonds. The van der Waals surface area contributed by atoms with Gasteiger partial charge < -0.3 is 10.6 Å². The van der Waals surface area contributed by atoms with Gasteiger partial charge >= 0.3 is 0 Å². The Morgan fingerprint density at radius 3 is 2.43 bits per heavy atom. The summed E-state index contributed by atoms with van der Waals surface area (Å²) in [7, 11) is -2.89. The number of nitrogens with one attached hydrogen (secondary N) is 2. The molecule has 156 valence electrons. The van der Waals surface area contributed by atoms with Crippen molar-refractivity contribution in [3.05, 3.63) is 35.4 Å². The third-order valence-corrected chi connectivity index (χ3v) is 7.41. The molecule has 0 bridgehead atoms. The summed E-state index contributed by atoms with van der Waals surface area (Å²) in [6.07, 6.45) is 3.25. The Kier molecular flexibility index (Phi) is 7.35. The molecule has 2 saturated heterocycles. The Morgan fingerprint density at radius 2 is 1.82 bits per heavy atom. The summed E-state index contributed by atoms with van der Waals surface area (Å²) in [5.74, 6) is 2.01. The van der Waals surface area contributed by atoms with Gasteiger partial charge in [0, 0.05) is 19.1 Å². The van der Waals surface area contributed by atoms with Crippen molar-refractivity contribution in [3.8, 4) is 0 Å². The molecule has 1 aromatic carbocycles. The number of guanidine groups is 1. The number of rotatable bonds is 6. The summed E-state index contributed by atoms with van der Waals surface area (Å²) in [5.41, 5.74) is 2.51. The Balaban J connectivity index is 1.52. The van der Waals surface area contributed by atoms with Gasteiger partial charge in [-0.3, -0.25) is 4.90 Å². The molecule has 2 fully saturated rings. The maximum atomic E-state index is 11.6. The minimum absolute atomic E-state index is 0.0440. The first kappa shape index (κ1) is 21.1. The molecule has 0 aliphatic carbocycles. The second-order valence-corrected chi connectivity index (χ2v) is 10.4. The van der Waals surface area contributed by atoms with Crippen molar-refractivity contribution in [2.45, 2.75) is 52.2 Å². The summed E-state index contributed by atoms with van der Waals surface area (Å²) >= 11 is 0. The fourth-order valence-corrected chi connectivity index (χ4v) is 5.49. The number of piperidine rings is 1. The molecule has 1 atom stereocenters. The molecule has 6 nitrogen and oxygen atoms in total. The maximum Gasteiger partial charge on any atom is 0.191 e. The number of likely N-dealkylation sites (tertiary alicyclic amines) is 1. The molecule has 3 rings (SSSR count). The molecule has 28 heavy (non-hydrogen) atoms. The van der Waals surface area contributed by atoms with Crippen molar-refractivity contribution in [2.24, 2.45) is 10.9 Å². The number of benzene rings is 1. The van der Waals surface area contributed by atoms with Crippen molar-refractivity contribution in [1.29, 1.82) is 0 Å². The number of hydrogen-bond donors (Lipinski definition) is 2. The summed E-state index contributed by atoms with van der Waals surface area (Å²) in [4.78, 5) is 7.18. The lowest BCUT2D eigenvalue weighted by atomic mass is 9.99. The molecule has 7 heteroatoms. The van der Waals surface area contributed by atoms with Crippen LogP contribution >= 0.6 is 0 Å². The van der Waals surface area contributed by atoms with Gasteiger partial charge in [-0.05, 0) is 56.3 Å². The molecule has 1 aromatic rings. The molecule has 2 heterocycles. The van der Waals surface area contributed by atoms with Crippen LogP contribution < -0.4 is 10.6 Å². The first-order valence-electron chi connectivity index (χ1n) is 10.5. The van der Waals surface area contributed by atoms with Crippen LogP contribution in [-0.2, 0) is 22.9 Å². The van der Waals surface area contributed by atoms with E-state index >= 15 is 0 Å². The average molecular weight is 407 g/mol. The van der Waals surface area contributed by atoms with E-state index in [0.29, 0.717) is 18.9 Å². The fourth-order valence-electron chi connectivity index (χ4n) is 3.82. The Hall–Kier alpha value is -1.60. The molecule has 0 spiro atoms. The SMILES string of the molecule is CCNC(=NCc1ccc(CN2CCC(C)CC2)cc1)NC1CCS(=O)(=O)C1. The van der Waals surface area contributed by atoms with E-state index in [1.807, 2.05) is 6.92 Å². The van der Waals surface area contributed by atoms with Crippen LogP contribution in [0.5, 0.6) is 0 Å². The third kappa shape index (κ3) is 6.48. The van der Waals surface area contributed by atoms with Crippen LogP contribution in [0.2, 0.25) is 0 Å². The minimum Gasteiger partial charge on any atom is -0.357 e. The Labute approximate surface area is 169 Å². The molecule has 2 N–H and O–H groups in total. The predicted molar refractivity (Wildman–Crippen MR) is 115 cm³/mol. The third-order valence-electron chi connectivity index (χ3n) is 5.64. The number of sulfone groups is 1. The monoisotopic (exact) mass is 406 g/mol. The fraction of sp³-hybridized carbons (Fsp3) is 0.667. The quantitative estimate of drug-likeness (QED) is 0.559. The molecule has 2 aliphatic heterocycles.